The zero-order valence-corrected chi connectivity index (χ0v) is 9.94. The summed E-state index contributed by atoms with van der Waals surface area (Å²) < 4.78 is 36.0. The number of alkyl halides is 3. The fourth-order valence-corrected chi connectivity index (χ4v) is 1.54. The minimum atomic E-state index is -4.58. The predicted octanol–water partition coefficient (Wildman–Crippen LogP) is 2.66. The summed E-state index contributed by atoms with van der Waals surface area (Å²) in [5, 5.41) is 11.9. The van der Waals surface area contributed by atoms with Crippen molar-refractivity contribution in [1.29, 1.82) is 0 Å². The molecule has 0 aliphatic carbocycles. The third kappa shape index (κ3) is 4.53. The van der Waals surface area contributed by atoms with E-state index in [9.17, 15) is 13.2 Å². The van der Waals surface area contributed by atoms with Crippen molar-refractivity contribution >= 4 is 11.6 Å². The van der Waals surface area contributed by atoms with Crippen molar-refractivity contribution in [2.75, 3.05) is 6.54 Å². The average Bonchev–Trinajstić information content (AvgIpc) is 2.19. The molecule has 0 heterocycles. The molecule has 0 aliphatic heterocycles. The molecule has 1 rings (SSSR count). The molecule has 0 aromatic heterocycles. The molecule has 1 atom stereocenters. The summed E-state index contributed by atoms with van der Waals surface area (Å²) in [7, 11) is 0. The Morgan fingerprint density at radius 1 is 1.41 bits per heavy atom. The van der Waals surface area contributed by atoms with Crippen molar-refractivity contribution in [3.05, 3.63) is 34.3 Å². The molecule has 6 heteroatoms. The third-order valence-corrected chi connectivity index (χ3v) is 2.57. The SMILES string of the molecule is Cc1cc(Cl)ccc1CNCC(O)C(F)(F)F. The highest BCUT2D eigenvalue weighted by Gasteiger charge is 2.37. The Hall–Kier alpha value is -0.780. The summed E-state index contributed by atoms with van der Waals surface area (Å²) in [5.41, 5.74) is 1.75. The van der Waals surface area contributed by atoms with Gasteiger partial charge < -0.3 is 10.4 Å². The Morgan fingerprint density at radius 2 is 2.06 bits per heavy atom. The van der Waals surface area contributed by atoms with Gasteiger partial charge in [-0.15, -0.1) is 0 Å². The van der Waals surface area contributed by atoms with Crippen LogP contribution in [0.3, 0.4) is 0 Å². The monoisotopic (exact) mass is 267 g/mol. The average molecular weight is 268 g/mol. The summed E-state index contributed by atoms with van der Waals surface area (Å²) in [6.45, 7) is 1.56. The Kier molecular flexibility index (Phi) is 4.80. The van der Waals surface area contributed by atoms with Crippen LogP contribution in [0.15, 0.2) is 18.2 Å². The van der Waals surface area contributed by atoms with E-state index in [0.29, 0.717) is 5.02 Å². The smallest absolute Gasteiger partial charge is 0.382 e. The minimum absolute atomic E-state index is 0.260. The number of nitrogens with one attached hydrogen (secondary N) is 1. The van der Waals surface area contributed by atoms with Gasteiger partial charge in [-0.25, -0.2) is 0 Å². The molecule has 0 amide bonds. The lowest BCUT2D eigenvalue weighted by Gasteiger charge is -2.15. The second kappa shape index (κ2) is 5.71. The van der Waals surface area contributed by atoms with Crippen LogP contribution in [-0.4, -0.2) is 23.9 Å². The fraction of sp³-hybridized carbons (Fsp3) is 0.455. The van der Waals surface area contributed by atoms with Gasteiger partial charge >= 0.3 is 6.18 Å². The van der Waals surface area contributed by atoms with Gasteiger partial charge in [-0.05, 0) is 30.2 Å². The normalized spacial score (nSPS) is 13.8. The molecule has 96 valence electrons. The van der Waals surface area contributed by atoms with E-state index in [4.69, 9.17) is 16.7 Å². The molecule has 1 aromatic carbocycles. The molecule has 17 heavy (non-hydrogen) atoms. The van der Waals surface area contributed by atoms with Gasteiger partial charge in [0.1, 0.15) is 0 Å². The highest BCUT2D eigenvalue weighted by Crippen LogP contribution is 2.19. The third-order valence-electron chi connectivity index (χ3n) is 2.34. The van der Waals surface area contributed by atoms with Gasteiger partial charge in [0.25, 0.3) is 0 Å². The van der Waals surface area contributed by atoms with Gasteiger partial charge in [0, 0.05) is 18.1 Å². The first-order valence-corrected chi connectivity index (χ1v) is 5.39. The molecule has 0 saturated carbocycles. The summed E-state index contributed by atoms with van der Waals surface area (Å²) in [6.07, 6.45) is -6.92. The number of rotatable bonds is 4. The lowest BCUT2D eigenvalue weighted by Crippen LogP contribution is -2.38. The van der Waals surface area contributed by atoms with Crippen molar-refractivity contribution in [2.45, 2.75) is 25.7 Å². The number of hydrogen-bond acceptors (Lipinski definition) is 2. The molecule has 1 unspecified atom stereocenters. The lowest BCUT2D eigenvalue weighted by atomic mass is 10.1. The van der Waals surface area contributed by atoms with Crippen molar-refractivity contribution in [1.82, 2.24) is 5.32 Å². The molecule has 0 radical (unpaired) electrons. The molecule has 0 bridgehead atoms. The van der Waals surface area contributed by atoms with Crippen LogP contribution >= 0.6 is 11.6 Å². The van der Waals surface area contributed by atoms with Gasteiger partial charge in [-0.3, -0.25) is 0 Å². The van der Waals surface area contributed by atoms with E-state index in [1.165, 1.54) is 0 Å². The molecule has 0 fully saturated rings. The summed E-state index contributed by atoms with van der Waals surface area (Å²) in [4.78, 5) is 0. The molecule has 0 aliphatic rings. The second-order valence-corrected chi connectivity index (χ2v) is 4.20. The highest BCUT2D eigenvalue weighted by atomic mass is 35.5. The van der Waals surface area contributed by atoms with E-state index in [-0.39, 0.29) is 6.54 Å². The first-order chi connectivity index (χ1) is 7.80. The molecule has 2 N–H and O–H groups in total. The topological polar surface area (TPSA) is 32.3 Å². The van der Waals surface area contributed by atoms with Crippen molar-refractivity contribution in [3.8, 4) is 0 Å². The lowest BCUT2D eigenvalue weighted by molar-refractivity contribution is -0.201. The number of halogens is 4. The maximum Gasteiger partial charge on any atom is 0.415 e. The standard InChI is InChI=1S/C11H13ClF3NO/c1-7-4-9(12)3-2-8(7)5-16-6-10(17)11(13,14)15/h2-4,10,16-17H,5-6H2,1H3. The highest BCUT2D eigenvalue weighted by molar-refractivity contribution is 6.30. The predicted molar refractivity (Wildman–Crippen MR) is 60.0 cm³/mol. The van der Waals surface area contributed by atoms with E-state index < -0.39 is 18.8 Å². The molecular weight excluding hydrogens is 255 g/mol. The van der Waals surface area contributed by atoms with Gasteiger partial charge in [-0.1, -0.05) is 17.7 Å². The van der Waals surface area contributed by atoms with Crippen molar-refractivity contribution in [3.63, 3.8) is 0 Å². The van der Waals surface area contributed by atoms with E-state index in [2.05, 4.69) is 5.32 Å². The van der Waals surface area contributed by atoms with Crippen LogP contribution in [0, 0.1) is 6.92 Å². The van der Waals surface area contributed by atoms with Crippen LogP contribution in [0.1, 0.15) is 11.1 Å². The second-order valence-electron chi connectivity index (χ2n) is 3.76. The first-order valence-electron chi connectivity index (χ1n) is 5.01. The quantitative estimate of drug-likeness (QED) is 0.879. The van der Waals surface area contributed by atoms with Gasteiger partial charge in [0.05, 0.1) is 0 Å². The van der Waals surface area contributed by atoms with E-state index >= 15 is 0 Å². The van der Waals surface area contributed by atoms with E-state index in [1.807, 2.05) is 6.92 Å². The number of benzene rings is 1. The molecule has 0 spiro atoms. The number of aryl methyl sites for hydroxylation is 1. The summed E-state index contributed by atoms with van der Waals surface area (Å²) >= 11 is 5.75. The fourth-order valence-electron chi connectivity index (χ4n) is 1.32. The van der Waals surface area contributed by atoms with Crippen molar-refractivity contribution in [2.24, 2.45) is 0 Å². The van der Waals surface area contributed by atoms with E-state index in [0.717, 1.165) is 11.1 Å². The number of aliphatic hydroxyl groups is 1. The molecule has 0 saturated heterocycles. The number of hydrogen-bond donors (Lipinski definition) is 2. The maximum atomic E-state index is 12.0. The zero-order valence-electron chi connectivity index (χ0n) is 9.18. The van der Waals surface area contributed by atoms with Crippen molar-refractivity contribution < 1.29 is 18.3 Å². The number of aliphatic hydroxyl groups excluding tert-OH is 1. The summed E-state index contributed by atoms with van der Waals surface area (Å²) in [6, 6.07) is 5.15. The van der Waals surface area contributed by atoms with Gasteiger partial charge in [-0.2, -0.15) is 13.2 Å². The van der Waals surface area contributed by atoms with Crippen LogP contribution in [0.2, 0.25) is 5.02 Å². The minimum Gasteiger partial charge on any atom is -0.382 e. The Balaban J connectivity index is 2.46. The molecule has 1 aromatic rings. The Morgan fingerprint density at radius 3 is 2.59 bits per heavy atom. The van der Waals surface area contributed by atoms with Crippen LogP contribution in [0.5, 0.6) is 0 Å². The maximum absolute atomic E-state index is 12.0. The van der Waals surface area contributed by atoms with Crippen LogP contribution < -0.4 is 5.32 Å². The van der Waals surface area contributed by atoms with Crippen LogP contribution in [0.25, 0.3) is 0 Å². The first kappa shape index (κ1) is 14.3. The van der Waals surface area contributed by atoms with Gasteiger partial charge in [0.2, 0.25) is 0 Å². The van der Waals surface area contributed by atoms with Crippen LogP contribution in [0.4, 0.5) is 13.2 Å². The Labute approximate surface area is 102 Å². The van der Waals surface area contributed by atoms with Gasteiger partial charge in [0.15, 0.2) is 6.10 Å². The summed E-state index contributed by atoms with van der Waals surface area (Å²) in [5.74, 6) is 0. The van der Waals surface area contributed by atoms with E-state index in [1.54, 1.807) is 18.2 Å². The van der Waals surface area contributed by atoms with Crippen LogP contribution in [-0.2, 0) is 6.54 Å². The molecular formula is C11H13ClF3NO. The zero-order chi connectivity index (χ0) is 13.1. The molecule has 2 nitrogen and oxygen atoms in total. The Bertz CT molecular complexity index is 381. The largest absolute Gasteiger partial charge is 0.415 e.